The fraction of sp³-hybridized carbons (Fsp3) is 0.350. The van der Waals surface area contributed by atoms with Gasteiger partial charge in [0, 0.05) is 5.69 Å². The Bertz CT molecular complexity index is 853. The van der Waals surface area contributed by atoms with Gasteiger partial charge in [0.05, 0.1) is 16.7 Å². The summed E-state index contributed by atoms with van der Waals surface area (Å²) >= 11 is 0. The number of aliphatic imine (C=N–C) groups is 1. The summed E-state index contributed by atoms with van der Waals surface area (Å²) in [6, 6.07) is 16.0. The van der Waals surface area contributed by atoms with E-state index < -0.39 is 15.9 Å². The maximum absolute atomic E-state index is 12.5. The van der Waals surface area contributed by atoms with Gasteiger partial charge < -0.3 is 11.1 Å². The van der Waals surface area contributed by atoms with E-state index in [2.05, 4.69) is 30.2 Å². The highest BCUT2D eigenvalue weighted by molar-refractivity contribution is 14.0. The topological polar surface area (TPSA) is 84.5 Å². The van der Waals surface area contributed by atoms with Gasteiger partial charge >= 0.3 is 0 Å². The summed E-state index contributed by atoms with van der Waals surface area (Å²) in [4.78, 5) is 4.69. The zero-order chi connectivity index (χ0) is 19.2. The molecule has 0 bridgehead atoms. The Kier molecular flexibility index (Phi) is 9.25. The van der Waals surface area contributed by atoms with Gasteiger partial charge in [-0.1, -0.05) is 51.1 Å². The second-order valence-corrected chi connectivity index (χ2v) is 8.61. The monoisotopic (exact) mass is 501 g/mol. The fourth-order valence-corrected chi connectivity index (χ4v) is 4.16. The molecule has 0 radical (unpaired) electrons. The van der Waals surface area contributed by atoms with Gasteiger partial charge in [-0.2, -0.15) is 0 Å². The molecule has 0 saturated carbocycles. The number of nitrogens with zero attached hydrogens (tertiary/aromatic N) is 1. The molecule has 0 fully saturated rings. The predicted octanol–water partition coefficient (Wildman–Crippen LogP) is 4.41. The van der Waals surface area contributed by atoms with Gasteiger partial charge in [0.25, 0.3) is 0 Å². The number of nitrogens with one attached hydrogen (secondary N) is 1. The maximum Gasteiger partial charge on any atom is 0.193 e. The third-order valence-electron chi connectivity index (χ3n) is 4.13. The van der Waals surface area contributed by atoms with E-state index >= 15 is 0 Å². The molecule has 0 aliphatic rings. The van der Waals surface area contributed by atoms with E-state index in [0.717, 1.165) is 5.69 Å². The number of hydrogen-bond acceptors (Lipinski definition) is 3. The number of hydrogen-bond donors (Lipinski definition) is 2. The SMILES string of the molecule is CCC(CS(=O)(=O)c1ccccc1)N=C(N)Nc1cccc(C(C)C)c1.I. The summed E-state index contributed by atoms with van der Waals surface area (Å²) in [5, 5.41) is 3.06. The molecule has 0 aliphatic carbocycles. The van der Waals surface area contributed by atoms with E-state index in [1.807, 2.05) is 25.1 Å². The standard InChI is InChI=1S/C20H27N3O2S.HI/c1-4-17(14-26(24,25)19-11-6-5-7-12-19)22-20(21)23-18-10-8-9-16(13-18)15(2)3;/h5-13,15,17H,4,14H2,1-3H3,(H3,21,22,23);1H. The highest BCUT2D eigenvalue weighted by Crippen LogP contribution is 2.19. The molecule has 148 valence electrons. The van der Waals surface area contributed by atoms with Gasteiger partial charge in [-0.15, -0.1) is 24.0 Å². The van der Waals surface area contributed by atoms with Crippen molar-refractivity contribution >= 4 is 45.5 Å². The first-order valence-corrected chi connectivity index (χ1v) is 10.4. The van der Waals surface area contributed by atoms with E-state index in [1.165, 1.54) is 5.56 Å². The molecule has 1 atom stereocenters. The highest BCUT2D eigenvalue weighted by atomic mass is 127. The van der Waals surface area contributed by atoms with Crippen molar-refractivity contribution in [3.8, 4) is 0 Å². The molecular formula is C20H28IN3O2S. The minimum atomic E-state index is -3.40. The van der Waals surface area contributed by atoms with Crippen molar-refractivity contribution in [1.82, 2.24) is 0 Å². The second kappa shape index (κ2) is 10.7. The van der Waals surface area contributed by atoms with Crippen molar-refractivity contribution in [1.29, 1.82) is 0 Å². The Labute approximate surface area is 179 Å². The Morgan fingerprint density at radius 2 is 1.78 bits per heavy atom. The molecule has 1 unspecified atom stereocenters. The third kappa shape index (κ3) is 7.14. The molecule has 0 amide bonds. The van der Waals surface area contributed by atoms with Gasteiger partial charge in [-0.05, 0) is 42.2 Å². The summed E-state index contributed by atoms with van der Waals surface area (Å²) in [6.45, 7) is 6.15. The predicted molar refractivity (Wildman–Crippen MR) is 124 cm³/mol. The van der Waals surface area contributed by atoms with Gasteiger partial charge in [0.15, 0.2) is 15.8 Å². The smallest absolute Gasteiger partial charge is 0.193 e. The average Bonchev–Trinajstić information content (AvgIpc) is 2.61. The molecule has 2 rings (SSSR count). The number of nitrogens with two attached hydrogens (primary N) is 1. The van der Waals surface area contributed by atoms with Gasteiger partial charge in [-0.3, -0.25) is 0 Å². The normalized spacial score (nSPS) is 13.1. The lowest BCUT2D eigenvalue weighted by Gasteiger charge is -2.14. The van der Waals surface area contributed by atoms with Crippen LogP contribution < -0.4 is 11.1 Å². The van der Waals surface area contributed by atoms with Crippen LogP contribution in [0.4, 0.5) is 5.69 Å². The lowest BCUT2D eigenvalue weighted by atomic mass is 10.0. The van der Waals surface area contributed by atoms with E-state index in [1.54, 1.807) is 30.3 Å². The fourth-order valence-electron chi connectivity index (χ4n) is 2.58. The average molecular weight is 501 g/mol. The minimum Gasteiger partial charge on any atom is -0.370 e. The van der Waals surface area contributed by atoms with Gasteiger partial charge in [-0.25, -0.2) is 13.4 Å². The molecule has 0 spiro atoms. The molecule has 0 heterocycles. The molecule has 2 aromatic carbocycles. The van der Waals surface area contributed by atoms with Crippen LogP contribution in [0.15, 0.2) is 64.5 Å². The number of halogens is 1. The van der Waals surface area contributed by atoms with Crippen LogP contribution in [0, 0.1) is 0 Å². The van der Waals surface area contributed by atoms with Gasteiger partial charge in [0.1, 0.15) is 0 Å². The largest absolute Gasteiger partial charge is 0.370 e. The van der Waals surface area contributed by atoms with Gasteiger partial charge in [0.2, 0.25) is 0 Å². The van der Waals surface area contributed by atoms with Crippen LogP contribution in [0.5, 0.6) is 0 Å². The van der Waals surface area contributed by atoms with Crippen molar-refractivity contribution in [2.75, 3.05) is 11.1 Å². The molecule has 7 heteroatoms. The van der Waals surface area contributed by atoms with Crippen LogP contribution in [0.3, 0.4) is 0 Å². The first-order chi connectivity index (χ1) is 12.3. The second-order valence-electron chi connectivity index (χ2n) is 6.58. The maximum atomic E-state index is 12.5. The zero-order valence-corrected chi connectivity index (χ0v) is 19.1. The lowest BCUT2D eigenvalue weighted by Crippen LogP contribution is -2.28. The van der Waals surface area contributed by atoms with Crippen molar-refractivity contribution in [2.24, 2.45) is 10.7 Å². The summed E-state index contributed by atoms with van der Waals surface area (Å²) in [7, 11) is -3.40. The molecule has 3 N–H and O–H groups in total. The van der Waals surface area contributed by atoms with E-state index in [0.29, 0.717) is 17.2 Å². The molecule has 0 aliphatic heterocycles. The van der Waals surface area contributed by atoms with E-state index in [9.17, 15) is 8.42 Å². The molecule has 27 heavy (non-hydrogen) atoms. The lowest BCUT2D eigenvalue weighted by molar-refractivity contribution is 0.584. The summed E-state index contributed by atoms with van der Waals surface area (Å²) < 4.78 is 25.1. The summed E-state index contributed by atoms with van der Waals surface area (Å²) in [5.74, 6) is 0.567. The molecular weight excluding hydrogens is 473 g/mol. The van der Waals surface area contributed by atoms with Crippen LogP contribution >= 0.6 is 24.0 Å². The van der Waals surface area contributed by atoms with Crippen molar-refractivity contribution < 1.29 is 8.42 Å². The number of benzene rings is 2. The summed E-state index contributed by atoms with van der Waals surface area (Å²) in [6.07, 6.45) is 0.584. The van der Waals surface area contributed by atoms with Crippen LogP contribution in [-0.4, -0.2) is 26.2 Å². The summed E-state index contributed by atoms with van der Waals surface area (Å²) in [5.41, 5.74) is 8.05. The van der Waals surface area contributed by atoms with Crippen molar-refractivity contribution in [2.45, 2.75) is 44.0 Å². The molecule has 2 aromatic rings. The first kappa shape index (κ1) is 23.4. The number of guanidine groups is 1. The highest BCUT2D eigenvalue weighted by Gasteiger charge is 2.20. The Morgan fingerprint density at radius 1 is 1.11 bits per heavy atom. The Hall–Kier alpha value is -1.61. The quantitative estimate of drug-likeness (QED) is 0.335. The third-order valence-corrected chi connectivity index (χ3v) is 5.95. The van der Waals surface area contributed by atoms with Crippen molar-refractivity contribution in [3.05, 3.63) is 60.2 Å². The molecule has 5 nitrogen and oxygen atoms in total. The number of sulfone groups is 1. The van der Waals surface area contributed by atoms with E-state index in [-0.39, 0.29) is 35.7 Å². The van der Waals surface area contributed by atoms with Crippen LogP contribution in [0.1, 0.15) is 38.7 Å². The number of rotatable bonds is 7. The van der Waals surface area contributed by atoms with Crippen LogP contribution in [0.25, 0.3) is 0 Å². The van der Waals surface area contributed by atoms with Crippen LogP contribution in [-0.2, 0) is 9.84 Å². The molecule has 0 aromatic heterocycles. The molecule has 0 saturated heterocycles. The zero-order valence-electron chi connectivity index (χ0n) is 15.9. The van der Waals surface area contributed by atoms with E-state index in [4.69, 9.17) is 5.73 Å². The minimum absolute atomic E-state index is 0. The first-order valence-electron chi connectivity index (χ1n) is 8.80. The van der Waals surface area contributed by atoms with Crippen LogP contribution in [0.2, 0.25) is 0 Å². The number of anilines is 1. The van der Waals surface area contributed by atoms with Crippen molar-refractivity contribution in [3.63, 3.8) is 0 Å². The Balaban J connectivity index is 0.00000364. The Morgan fingerprint density at radius 3 is 2.37 bits per heavy atom.